The number of alkyl halides is 3. The Morgan fingerprint density at radius 1 is 1.14 bits per heavy atom. The second kappa shape index (κ2) is 10.6. The van der Waals surface area contributed by atoms with E-state index >= 15 is 0 Å². The zero-order valence-corrected chi connectivity index (χ0v) is 19.6. The fourth-order valence-corrected chi connectivity index (χ4v) is 4.14. The van der Waals surface area contributed by atoms with E-state index in [9.17, 15) is 23.1 Å². The van der Waals surface area contributed by atoms with Crippen LogP contribution in [0.4, 0.5) is 24.8 Å². The molecule has 1 aromatic heterocycles. The molecule has 0 saturated carbocycles. The van der Waals surface area contributed by atoms with E-state index in [1.165, 1.54) is 30.3 Å². The molecular formula is C25H26F3N5O4. The molecule has 6 N–H and O–H groups in total. The number of rotatable bonds is 8. The maximum atomic E-state index is 14.0. The molecule has 9 nitrogen and oxygen atoms in total. The van der Waals surface area contributed by atoms with Gasteiger partial charge < -0.3 is 31.3 Å². The molecule has 3 aromatic rings. The van der Waals surface area contributed by atoms with Crippen LogP contribution in [0.25, 0.3) is 11.3 Å². The van der Waals surface area contributed by atoms with Gasteiger partial charge >= 0.3 is 12.1 Å². The summed E-state index contributed by atoms with van der Waals surface area (Å²) < 4.78 is 47.2. The first-order valence-electron chi connectivity index (χ1n) is 11.5. The summed E-state index contributed by atoms with van der Waals surface area (Å²) in [5, 5.41) is 19.0. The molecule has 37 heavy (non-hydrogen) atoms. The summed E-state index contributed by atoms with van der Waals surface area (Å²) in [5.74, 6) is -1.76. The van der Waals surface area contributed by atoms with Crippen molar-refractivity contribution in [3.8, 4) is 17.1 Å². The standard InChI is InChI=1S/C25H26F3N5O4/c26-25(27,28)22(16-7-9-17(10-8-16)33-11-1-2-21(33)34)37-20-13-19(31-24(30)32-20)15-5-3-14(4-6-15)12-18(29)23(35)36/h3-10,13,18,21-22,34H,1-2,11-12,29H2,(H,35,36)(H2,30,31,32). The van der Waals surface area contributed by atoms with Crippen molar-refractivity contribution >= 4 is 17.6 Å². The van der Waals surface area contributed by atoms with E-state index in [1.54, 1.807) is 29.2 Å². The van der Waals surface area contributed by atoms with Crippen molar-refractivity contribution in [1.82, 2.24) is 9.97 Å². The maximum Gasteiger partial charge on any atom is 0.429 e. The minimum absolute atomic E-state index is 0.110. The predicted molar refractivity (Wildman–Crippen MR) is 130 cm³/mol. The molecule has 4 rings (SSSR count). The fourth-order valence-electron chi connectivity index (χ4n) is 4.14. The van der Waals surface area contributed by atoms with Crippen molar-refractivity contribution in [2.75, 3.05) is 17.2 Å². The van der Waals surface area contributed by atoms with Crippen LogP contribution in [0.5, 0.6) is 5.88 Å². The molecule has 0 aliphatic carbocycles. The molecule has 0 radical (unpaired) electrons. The van der Waals surface area contributed by atoms with Crippen LogP contribution in [0.3, 0.4) is 0 Å². The van der Waals surface area contributed by atoms with E-state index in [1.807, 2.05) is 0 Å². The number of nitrogen functional groups attached to an aromatic ring is 1. The average Bonchev–Trinajstić information content (AvgIpc) is 3.28. The van der Waals surface area contributed by atoms with Crippen LogP contribution in [-0.2, 0) is 11.2 Å². The Kier molecular flexibility index (Phi) is 7.50. The van der Waals surface area contributed by atoms with Crippen LogP contribution < -0.4 is 21.1 Å². The van der Waals surface area contributed by atoms with Crippen molar-refractivity contribution in [2.45, 2.75) is 43.8 Å². The van der Waals surface area contributed by atoms with Gasteiger partial charge in [0.25, 0.3) is 0 Å². The fraction of sp³-hybridized carbons (Fsp3) is 0.320. The minimum atomic E-state index is -4.75. The molecule has 1 aliphatic rings. The van der Waals surface area contributed by atoms with E-state index in [2.05, 4.69) is 9.97 Å². The number of aliphatic hydroxyl groups is 1. The summed E-state index contributed by atoms with van der Waals surface area (Å²) in [7, 11) is 0. The number of aliphatic hydroxyl groups excluding tert-OH is 1. The molecule has 12 heteroatoms. The van der Waals surface area contributed by atoms with Gasteiger partial charge in [0, 0.05) is 29.4 Å². The van der Waals surface area contributed by atoms with Crippen molar-refractivity contribution in [3.63, 3.8) is 0 Å². The normalized spacial score (nSPS) is 17.4. The predicted octanol–water partition coefficient (Wildman–Crippen LogP) is 3.28. The van der Waals surface area contributed by atoms with Crippen molar-refractivity contribution in [2.24, 2.45) is 5.73 Å². The van der Waals surface area contributed by atoms with Gasteiger partial charge in [-0.1, -0.05) is 36.4 Å². The SMILES string of the molecule is Nc1nc(OC(c2ccc(N3CCCC3O)cc2)C(F)(F)F)cc(-c2ccc(CC(N)C(=O)O)cc2)n1. The van der Waals surface area contributed by atoms with Gasteiger partial charge in [0.05, 0.1) is 5.69 Å². The molecule has 0 spiro atoms. The number of benzene rings is 2. The number of ether oxygens (including phenoxy) is 1. The highest BCUT2D eigenvalue weighted by Gasteiger charge is 2.43. The van der Waals surface area contributed by atoms with Gasteiger partial charge in [0.15, 0.2) is 0 Å². The molecule has 0 amide bonds. The number of hydrogen-bond acceptors (Lipinski definition) is 8. The zero-order valence-electron chi connectivity index (χ0n) is 19.6. The lowest BCUT2D eigenvalue weighted by molar-refractivity contribution is -0.198. The number of aromatic nitrogens is 2. The zero-order chi connectivity index (χ0) is 26.7. The van der Waals surface area contributed by atoms with Crippen LogP contribution in [0, 0.1) is 0 Å². The maximum absolute atomic E-state index is 14.0. The summed E-state index contributed by atoms with van der Waals surface area (Å²) in [5.41, 5.74) is 13.2. The molecule has 1 aliphatic heterocycles. The van der Waals surface area contributed by atoms with Gasteiger partial charge in [-0.05, 0) is 37.0 Å². The lowest BCUT2D eigenvalue weighted by Gasteiger charge is -2.25. The van der Waals surface area contributed by atoms with Crippen LogP contribution in [0.1, 0.15) is 30.1 Å². The van der Waals surface area contributed by atoms with E-state index in [4.69, 9.17) is 21.3 Å². The van der Waals surface area contributed by atoms with Gasteiger partial charge in [-0.15, -0.1) is 0 Å². The van der Waals surface area contributed by atoms with Crippen LogP contribution >= 0.6 is 0 Å². The number of anilines is 2. The molecule has 1 fully saturated rings. The van der Waals surface area contributed by atoms with E-state index in [0.717, 1.165) is 6.42 Å². The first-order chi connectivity index (χ1) is 17.5. The van der Waals surface area contributed by atoms with E-state index in [-0.39, 0.29) is 29.5 Å². The highest BCUT2D eigenvalue weighted by atomic mass is 19.4. The summed E-state index contributed by atoms with van der Waals surface area (Å²) >= 11 is 0. The van der Waals surface area contributed by atoms with Gasteiger partial charge in [-0.3, -0.25) is 4.79 Å². The minimum Gasteiger partial charge on any atom is -0.480 e. The Bertz CT molecular complexity index is 1240. The first kappa shape index (κ1) is 26.2. The molecule has 1 saturated heterocycles. The largest absolute Gasteiger partial charge is 0.480 e. The lowest BCUT2D eigenvalue weighted by Crippen LogP contribution is -2.32. The third-order valence-corrected chi connectivity index (χ3v) is 6.03. The van der Waals surface area contributed by atoms with E-state index < -0.39 is 30.5 Å². The highest BCUT2D eigenvalue weighted by Crippen LogP contribution is 2.38. The average molecular weight is 518 g/mol. The number of carbonyl (C=O) groups is 1. The number of carboxylic acids is 1. The molecule has 2 heterocycles. The topological polar surface area (TPSA) is 148 Å². The third kappa shape index (κ3) is 6.27. The first-order valence-corrected chi connectivity index (χ1v) is 11.5. The van der Waals surface area contributed by atoms with Crippen molar-refractivity contribution in [1.29, 1.82) is 0 Å². The van der Waals surface area contributed by atoms with Gasteiger partial charge in [-0.25, -0.2) is 4.98 Å². The Hall–Kier alpha value is -3.90. The third-order valence-electron chi connectivity index (χ3n) is 6.03. The van der Waals surface area contributed by atoms with Crippen LogP contribution in [0.15, 0.2) is 54.6 Å². The van der Waals surface area contributed by atoms with Crippen molar-refractivity contribution < 1.29 is 32.9 Å². The highest BCUT2D eigenvalue weighted by molar-refractivity contribution is 5.73. The van der Waals surface area contributed by atoms with Crippen molar-refractivity contribution in [3.05, 3.63) is 65.7 Å². The monoisotopic (exact) mass is 517 g/mol. The summed E-state index contributed by atoms with van der Waals surface area (Å²) in [6.07, 6.45) is -6.21. The Balaban J connectivity index is 1.56. The summed E-state index contributed by atoms with van der Waals surface area (Å²) in [6, 6.07) is 12.4. The Morgan fingerprint density at radius 3 is 2.38 bits per heavy atom. The quantitative estimate of drug-likeness (QED) is 0.353. The Labute approximate surface area is 210 Å². The molecule has 0 bridgehead atoms. The van der Waals surface area contributed by atoms with Crippen LogP contribution in [-0.4, -0.2) is 51.1 Å². The lowest BCUT2D eigenvalue weighted by atomic mass is 10.0. The van der Waals surface area contributed by atoms with Gasteiger partial charge in [0.2, 0.25) is 17.9 Å². The number of carboxylic acid groups (broad SMARTS) is 1. The molecule has 2 aromatic carbocycles. The molecular weight excluding hydrogens is 491 g/mol. The van der Waals surface area contributed by atoms with E-state index in [0.29, 0.717) is 29.8 Å². The smallest absolute Gasteiger partial charge is 0.429 e. The Morgan fingerprint density at radius 2 is 1.81 bits per heavy atom. The molecule has 196 valence electrons. The second-order valence-corrected chi connectivity index (χ2v) is 8.74. The summed E-state index contributed by atoms with van der Waals surface area (Å²) in [6.45, 7) is 0.621. The second-order valence-electron chi connectivity index (χ2n) is 8.74. The van der Waals surface area contributed by atoms with Crippen LogP contribution in [0.2, 0.25) is 0 Å². The number of hydrogen-bond donors (Lipinski definition) is 4. The molecule has 3 atom stereocenters. The number of nitrogens with two attached hydrogens (primary N) is 2. The van der Waals surface area contributed by atoms with Gasteiger partial charge in [0.1, 0.15) is 12.3 Å². The number of nitrogens with zero attached hydrogens (tertiary/aromatic N) is 3. The summed E-state index contributed by atoms with van der Waals surface area (Å²) in [4.78, 5) is 20.6. The number of halogens is 3. The number of aliphatic carboxylic acids is 1. The van der Waals surface area contributed by atoms with Gasteiger partial charge in [-0.2, -0.15) is 18.2 Å². The molecule has 3 unspecified atom stereocenters.